The summed E-state index contributed by atoms with van der Waals surface area (Å²) in [7, 11) is 3.14. The monoisotopic (exact) mass is 356 g/mol. The summed E-state index contributed by atoms with van der Waals surface area (Å²) in [6.07, 6.45) is 0.786. The highest BCUT2D eigenvalue weighted by molar-refractivity contribution is 5.81. The molecule has 0 bridgehead atoms. The third kappa shape index (κ3) is 4.19. The van der Waals surface area contributed by atoms with Crippen molar-refractivity contribution in [3.63, 3.8) is 0 Å². The van der Waals surface area contributed by atoms with E-state index in [2.05, 4.69) is 11.8 Å². The van der Waals surface area contributed by atoms with Crippen LogP contribution in [0, 0.1) is 11.8 Å². The zero-order chi connectivity index (χ0) is 19.1. The van der Waals surface area contributed by atoms with Gasteiger partial charge in [-0.2, -0.15) is 0 Å². The van der Waals surface area contributed by atoms with Gasteiger partial charge in [-0.25, -0.2) is 0 Å². The van der Waals surface area contributed by atoms with E-state index in [1.54, 1.807) is 19.2 Å². The Hall–Kier alpha value is -3.51. The fourth-order valence-corrected chi connectivity index (χ4v) is 2.93. The van der Waals surface area contributed by atoms with Gasteiger partial charge in [0.25, 0.3) is 0 Å². The second-order valence-electron chi connectivity index (χ2n) is 5.93. The summed E-state index contributed by atoms with van der Waals surface area (Å²) in [5.41, 5.74) is 3.26. The number of methoxy groups -OCH3 is 2. The van der Waals surface area contributed by atoms with Crippen molar-refractivity contribution in [3.8, 4) is 23.3 Å². The fourth-order valence-electron chi connectivity index (χ4n) is 2.93. The zero-order valence-corrected chi connectivity index (χ0v) is 15.3. The molecule has 0 aliphatic rings. The van der Waals surface area contributed by atoms with E-state index in [0.717, 1.165) is 23.0 Å². The zero-order valence-electron chi connectivity index (χ0n) is 15.3. The van der Waals surface area contributed by atoms with Gasteiger partial charge in [-0.15, -0.1) is 0 Å². The average molecular weight is 356 g/mol. The summed E-state index contributed by atoms with van der Waals surface area (Å²) in [6.45, 7) is 0. The molecule has 0 heterocycles. The Morgan fingerprint density at radius 2 is 1.48 bits per heavy atom. The molecule has 0 aromatic heterocycles. The number of hydrogen-bond donors (Lipinski definition) is 0. The van der Waals surface area contributed by atoms with Crippen LogP contribution in [-0.2, 0) is 0 Å². The molecular weight excluding hydrogens is 336 g/mol. The molecule has 0 N–H and O–H groups in total. The van der Waals surface area contributed by atoms with E-state index in [-0.39, 0.29) is 5.92 Å². The molecule has 0 aliphatic carbocycles. The van der Waals surface area contributed by atoms with Crippen molar-refractivity contribution in [2.24, 2.45) is 0 Å². The van der Waals surface area contributed by atoms with E-state index in [9.17, 15) is 4.79 Å². The fraction of sp³-hybridized carbons (Fsp3) is 0.125. The first-order valence-corrected chi connectivity index (χ1v) is 8.59. The predicted molar refractivity (Wildman–Crippen MR) is 107 cm³/mol. The van der Waals surface area contributed by atoms with Gasteiger partial charge in [0.15, 0.2) is 6.29 Å². The maximum atomic E-state index is 11.5. The van der Waals surface area contributed by atoms with Crippen LogP contribution in [0.5, 0.6) is 11.5 Å². The van der Waals surface area contributed by atoms with Gasteiger partial charge in [-0.1, -0.05) is 60.4 Å². The molecule has 0 amide bonds. The number of benzene rings is 3. The normalized spacial score (nSPS) is 11.0. The van der Waals surface area contributed by atoms with Gasteiger partial charge >= 0.3 is 0 Å². The smallest absolute Gasteiger partial charge is 0.153 e. The molecule has 27 heavy (non-hydrogen) atoms. The number of aldehydes is 1. The first kappa shape index (κ1) is 18.3. The Morgan fingerprint density at radius 1 is 0.852 bits per heavy atom. The van der Waals surface area contributed by atoms with Crippen molar-refractivity contribution in [1.29, 1.82) is 0 Å². The van der Waals surface area contributed by atoms with E-state index in [4.69, 9.17) is 9.47 Å². The Morgan fingerprint density at radius 3 is 2.07 bits per heavy atom. The van der Waals surface area contributed by atoms with Crippen LogP contribution in [0.4, 0.5) is 0 Å². The van der Waals surface area contributed by atoms with Gasteiger partial charge in [0.05, 0.1) is 25.7 Å². The quantitative estimate of drug-likeness (QED) is 0.491. The summed E-state index contributed by atoms with van der Waals surface area (Å²) < 4.78 is 10.9. The third-order valence-corrected chi connectivity index (χ3v) is 4.29. The van der Waals surface area contributed by atoms with Crippen LogP contribution < -0.4 is 9.47 Å². The maximum absolute atomic E-state index is 11.5. The topological polar surface area (TPSA) is 35.5 Å². The van der Waals surface area contributed by atoms with Gasteiger partial charge < -0.3 is 9.47 Å². The number of carbonyl (C=O) groups is 1. The van der Waals surface area contributed by atoms with Crippen molar-refractivity contribution in [1.82, 2.24) is 0 Å². The molecule has 0 saturated heterocycles. The van der Waals surface area contributed by atoms with Crippen LogP contribution >= 0.6 is 0 Å². The summed E-state index contributed by atoms with van der Waals surface area (Å²) in [5.74, 6) is 7.45. The van der Waals surface area contributed by atoms with E-state index in [0.29, 0.717) is 17.1 Å². The van der Waals surface area contributed by atoms with Gasteiger partial charge in [0, 0.05) is 17.2 Å². The minimum atomic E-state index is -0.244. The second-order valence-corrected chi connectivity index (χ2v) is 5.93. The van der Waals surface area contributed by atoms with Crippen LogP contribution in [0.3, 0.4) is 0 Å². The van der Waals surface area contributed by atoms with Crippen LogP contribution in [0.1, 0.15) is 33.0 Å². The number of carbonyl (C=O) groups excluding carboxylic acids is 1. The number of hydrogen-bond acceptors (Lipinski definition) is 3. The molecule has 3 aromatic carbocycles. The predicted octanol–water partition coefficient (Wildman–Crippen LogP) is 4.70. The van der Waals surface area contributed by atoms with Gasteiger partial charge in [0.1, 0.15) is 11.5 Å². The molecule has 0 aliphatic heterocycles. The van der Waals surface area contributed by atoms with E-state index < -0.39 is 0 Å². The van der Waals surface area contributed by atoms with Crippen LogP contribution in [0.2, 0.25) is 0 Å². The second kappa shape index (κ2) is 8.73. The Balaban J connectivity index is 2.17. The van der Waals surface area contributed by atoms with Crippen LogP contribution in [0.25, 0.3) is 0 Å². The summed E-state index contributed by atoms with van der Waals surface area (Å²) in [4.78, 5) is 11.5. The van der Waals surface area contributed by atoms with E-state index in [1.165, 1.54) is 7.11 Å². The minimum absolute atomic E-state index is 0.244. The molecule has 0 fully saturated rings. The lowest BCUT2D eigenvalue weighted by Gasteiger charge is -2.18. The molecule has 1 unspecified atom stereocenters. The van der Waals surface area contributed by atoms with E-state index >= 15 is 0 Å². The standard InChI is InChI=1S/C24H20O3/c1-26-23-16-24(27-2)22(15-20(23)17-25)21(19-11-7-4-8-12-19)14-13-18-9-5-3-6-10-18/h3-12,15-17,21H,1-2H3. The third-order valence-electron chi connectivity index (χ3n) is 4.29. The van der Waals surface area contributed by atoms with Crippen molar-refractivity contribution < 1.29 is 14.3 Å². The lowest BCUT2D eigenvalue weighted by Crippen LogP contribution is -2.04. The highest BCUT2D eigenvalue weighted by atomic mass is 16.5. The highest BCUT2D eigenvalue weighted by Crippen LogP contribution is 2.36. The minimum Gasteiger partial charge on any atom is -0.496 e. The Kier molecular flexibility index (Phi) is 5.91. The van der Waals surface area contributed by atoms with Crippen molar-refractivity contribution >= 4 is 6.29 Å². The Labute approximate surface area is 159 Å². The molecule has 3 nitrogen and oxygen atoms in total. The molecule has 134 valence electrons. The largest absolute Gasteiger partial charge is 0.496 e. The molecule has 3 rings (SSSR count). The first-order chi connectivity index (χ1) is 13.3. The van der Waals surface area contributed by atoms with Crippen molar-refractivity contribution in [3.05, 3.63) is 95.1 Å². The lowest BCUT2D eigenvalue weighted by atomic mass is 9.89. The first-order valence-electron chi connectivity index (χ1n) is 8.59. The Bertz CT molecular complexity index is 967. The highest BCUT2D eigenvalue weighted by Gasteiger charge is 2.19. The molecule has 0 saturated carbocycles. The lowest BCUT2D eigenvalue weighted by molar-refractivity contribution is 0.112. The number of ether oxygens (including phenoxy) is 2. The molecular formula is C24H20O3. The van der Waals surface area contributed by atoms with Crippen LogP contribution in [-0.4, -0.2) is 20.5 Å². The van der Waals surface area contributed by atoms with Gasteiger partial charge in [-0.3, -0.25) is 4.79 Å². The van der Waals surface area contributed by atoms with E-state index in [1.807, 2.05) is 60.7 Å². The average Bonchev–Trinajstić information content (AvgIpc) is 2.74. The number of rotatable bonds is 5. The summed E-state index contributed by atoms with van der Waals surface area (Å²) in [5, 5.41) is 0. The summed E-state index contributed by atoms with van der Waals surface area (Å²) >= 11 is 0. The van der Waals surface area contributed by atoms with Gasteiger partial charge in [-0.05, 0) is 23.8 Å². The van der Waals surface area contributed by atoms with Gasteiger partial charge in [0.2, 0.25) is 0 Å². The van der Waals surface area contributed by atoms with Crippen molar-refractivity contribution in [2.45, 2.75) is 5.92 Å². The molecule has 3 heteroatoms. The van der Waals surface area contributed by atoms with Crippen LogP contribution in [0.15, 0.2) is 72.8 Å². The molecule has 1 atom stereocenters. The summed E-state index contributed by atoms with van der Waals surface area (Å²) in [6, 6.07) is 23.3. The molecule has 0 spiro atoms. The van der Waals surface area contributed by atoms with Crippen molar-refractivity contribution in [2.75, 3.05) is 14.2 Å². The SMILES string of the molecule is COc1cc(OC)c(C(C#Cc2ccccc2)c2ccccc2)cc1C=O. The molecule has 3 aromatic rings. The maximum Gasteiger partial charge on any atom is 0.153 e. The molecule has 0 radical (unpaired) electrons.